The van der Waals surface area contributed by atoms with E-state index < -0.39 is 5.97 Å². The zero-order chi connectivity index (χ0) is 13.8. The van der Waals surface area contributed by atoms with E-state index in [1.165, 1.54) is 13.0 Å². The van der Waals surface area contributed by atoms with E-state index in [9.17, 15) is 4.79 Å². The Morgan fingerprint density at radius 1 is 1.42 bits per heavy atom. The number of benzene rings is 1. The molecule has 1 atom stereocenters. The van der Waals surface area contributed by atoms with Gasteiger partial charge < -0.3 is 15.3 Å². The molecule has 0 radical (unpaired) electrons. The highest BCUT2D eigenvalue weighted by Crippen LogP contribution is 2.19. The van der Waals surface area contributed by atoms with Crippen LogP contribution in [0.25, 0.3) is 0 Å². The number of likely N-dealkylation sites (tertiary alicyclic amines) is 1. The highest BCUT2D eigenvalue weighted by Gasteiger charge is 2.23. The van der Waals surface area contributed by atoms with E-state index in [2.05, 4.69) is 24.1 Å². The van der Waals surface area contributed by atoms with Gasteiger partial charge in [-0.25, -0.2) is 4.79 Å². The van der Waals surface area contributed by atoms with Gasteiger partial charge in [0, 0.05) is 24.8 Å². The molecule has 4 heteroatoms. The molecule has 1 aromatic rings. The van der Waals surface area contributed by atoms with Crippen molar-refractivity contribution < 1.29 is 9.90 Å². The molecule has 1 aliphatic heterocycles. The molecule has 1 unspecified atom stereocenters. The SMILES string of the molecule is CC(C)N1CCC(CNc2ccc(C(=O)O)cc2)C1. The predicted molar refractivity (Wildman–Crippen MR) is 76.7 cm³/mol. The minimum Gasteiger partial charge on any atom is -0.478 e. The Morgan fingerprint density at radius 3 is 2.63 bits per heavy atom. The average Bonchev–Trinajstić information content (AvgIpc) is 2.86. The van der Waals surface area contributed by atoms with Gasteiger partial charge in [-0.2, -0.15) is 0 Å². The van der Waals surface area contributed by atoms with Crippen molar-refractivity contribution in [3.8, 4) is 0 Å². The van der Waals surface area contributed by atoms with E-state index in [1.807, 2.05) is 12.1 Å². The Morgan fingerprint density at radius 2 is 2.11 bits per heavy atom. The minimum absolute atomic E-state index is 0.331. The van der Waals surface area contributed by atoms with Crippen molar-refractivity contribution in [2.45, 2.75) is 26.3 Å². The molecule has 2 rings (SSSR count). The fourth-order valence-corrected chi connectivity index (χ4v) is 2.49. The van der Waals surface area contributed by atoms with E-state index in [-0.39, 0.29) is 0 Å². The molecule has 19 heavy (non-hydrogen) atoms. The summed E-state index contributed by atoms with van der Waals surface area (Å²) < 4.78 is 0. The molecule has 0 aromatic heterocycles. The van der Waals surface area contributed by atoms with Gasteiger partial charge in [0.05, 0.1) is 5.56 Å². The molecule has 0 bridgehead atoms. The van der Waals surface area contributed by atoms with Crippen LogP contribution in [0.5, 0.6) is 0 Å². The maximum atomic E-state index is 10.8. The van der Waals surface area contributed by atoms with Crippen LogP contribution in [0.15, 0.2) is 24.3 Å². The van der Waals surface area contributed by atoms with Crippen LogP contribution in [0.3, 0.4) is 0 Å². The first kappa shape index (κ1) is 13.9. The summed E-state index contributed by atoms with van der Waals surface area (Å²) in [5.41, 5.74) is 1.32. The molecule has 2 N–H and O–H groups in total. The second kappa shape index (κ2) is 6.06. The van der Waals surface area contributed by atoms with Crippen molar-refractivity contribution in [3.05, 3.63) is 29.8 Å². The molecule has 1 saturated heterocycles. The Labute approximate surface area is 114 Å². The Balaban J connectivity index is 1.81. The van der Waals surface area contributed by atoms with Crippen LogP contribution in [-0.2, 0) is 0 Å². The van der Waals surface area contributed by atoms with E-state index >= 15 is 0 Å². The van der Waals surface area contributed by atoms with Gasteiger partial charge in [0.15, 0.2) is 0 Å². The molecule has 0 amide bonds. The van der Waals surface area contributed by atoms with E-state index in [4.69, 9.17) is 5.11 Å². The molecule has 1 aromatic carbocycles. The number of hydrogen-bond donors (Lipinski definition) is 2. The number of carboxylic acids is 1. The smallest absolute Gasteiger partial charge is 0.335 e. The molecular formula is C15H22N2O2. The Kier molecular flexibility index (Phi) is 4.43. The fraction of sp³-hybridized carbons (Fsp3) is 0.533. The first-order chi connectivity index (χ1) is 9.06. The van der Waals surface area contributed by atoms with E-state index in [1.54, 1.807) is 12.1 Å². The van der Waals surface area contributed by atoms with Crippen molar-refractivity contribution >= 4 is 11.7 Å². The number of nitrogens with one attached hydrogen (secondary N) is 1. The van der Waals surface area contributed by atoms with Crippen LogP contribution in [0.1, 0.15) is 30.6 Å². The van der Waals surface area contributed by atoms with E-state index in [0.29, 0.717) is 17.5 Å². The number of nitrogens with zero attached hydrogens (tertiary/aromatic N) is 1. The summed E-state index contributed by atoms with van der Waals surface area (Å²) in [4.78, 5) is 13.3. The van der Waals surface area contributed by atoms with Crippen LogP contribution in [-0.4, -0.2) is 41.7 Å². The van der Waals surface area contributed by atoms with Crippen molar-refractivity contribution in [3.63, 3.8) is 0 Å². The molecule has 0 spiro atoms. The standard InChI is InChI=1S/C15H22N2O2/c1-11(2)17-8-7-12(10-17)9-16-14-5-3-13(4-6-14)15(18)19/h3-6,11-12,16H,7-10H2,1-2H3,(H,18,19). The van der Waals surface area contributed by atoms with Crippen LogP contribution in [0.4, 0.5) is 5.69 Å². The second-order valence-electron chi connectivity index (χ2n) is 5.51. The highest BCUT2D eigenvalue weighted by atomic mass is 16.4. The molecule has 1 heterocycles. The lowest BCUT2D eigenvalue weighted by Gasteiger charge is -2.20. The third-order valence-corrected chi connectivity index (χ3v) is 3.77. The first-order valence-corrected chi connectivity index (χ1v) is 6.87. The van der Waals surface area contributed by atoms with Crippen molar-refractivity contribution in [1.29, 1.82) is 0 Å². The van der Waals surface area contributed by atoms with Gasteiger partial charge in [-0.05, 0) is 57.0 Å². The molecule has 4 nitrogen and oxygen atoms in total. The number of rotatable bonds is 5. The highest BCUT2D eigenvalue weighted by molar-refractivity contribution is 5.87. The summed E-state index contributed by atoms with van der Waals surface area (Å²) in [5.74, 6) is -0.198. The average molecular weight is 262 g/mol. The molecule has 1 fully saturated rings. The third kappa shape index (κ3) is 3.70. The summed E-state index contributed by atoms with van der Waals surface area (Å²) in [5, 5.41) is 12.2. The lowest BCUT2D eigenvalue weighted by Crippen LogP contribution is -2.29. The van der Waals surface area contributed by atoms with Gasteiger partial charge >= 0.3 is 5.97 Å². The van der Waals surface area contributed by atoms with Crippen LogP contribution in [0.2, 0.25) is 0 Å². The van der Waals surface area contributed by atoms with Crippen LogP contribution < -0.4 is 5.32 Å². The molecule has 0 aliphatic carbocycles. The summed E-state index contributed by atoms with van der Waals surface area (Å²) in [6.07, 6.45) is 1.23. The number of carboxylic acid groups (broad SMARTS) is 1. The molecule has 104 valence electrons. The van der Waals surface area contributed by atoms with Gasteiger partial charge in [0.2, 0.25) is 0 Å². The lowest BCUT2D eigenvalue weighted by molar-refractivity contribution is 0.0697. The third-order valence-electron chi connectivity index (χ3n) is 3.77. The monoisotopic (exact) mass is 262 g/mol. The van der Waals surface area contributed by atoms with Crippen molar-refractivity contribution in [2.75, 3.05) is 25.0 Å². The molecular weight excluding hydrogens is 240 g/mol. The van der Waals surface area contributed by atoms with E-state index in [0.717, 1.165) is 18.8 Å². The van der Waals surface area contributed by atoms with Crippen molar-refractivity contribution in [1.82, 2.24) is 4.90 Å². The zero-order valence-corrected chi connectivity index (χ0v) is 11.6. The van der Waals surface area contributed by atoms with Crippen LogP contribution in [0, 0.1) is 5.92 Å². The van der Waals surface area contributed by atoms with Gasteiger partial charge in [-0.15, -0.1) is 0 Å². The van der Waals surface area contributed by atoms with Gasteiger partial charge in [0.1, 0.15) is 0 Å². The molecule has 1 aliphatic rings. The summed E-state index contributed by atoms with van der Waals surface area (Å²) in [6, 6.07) is 7.57. The Bertz CT molecular complexity index is 428. The fourth-order valence-electron chi connectivity index (χ4n) is 2.49. The summed E-state index contributed by atoms with van der Waals surface area (Å²) >= 11 is 0. The normalized spacial score (nSPS) is 19.8. The maximum absolute atomic E-state index is 10.8. The summed E-state index contributed by atoms with van der Waals surface area (Å²) in [6.45, 7) is 7.76. The quantitative estimate of drug-likeness (QED) is 0.856. The number of hydrogen-bond acceptors (Lipinski definition) is 3. The van der Waals surface area contributed by atoms with Gasteiger partial charge in [-0.1, -0.05) is 0 Å². The van der Waals surface area contributed by atoms with Crippen molar-refractivity contribution in [2.24, 2.45) is 5.92 Å². The topological polar surface area (TPSA) is 52.6 Å². The number of carbonyl (C=O) groups is 1. The Hall–Kier alpha value is -1.55. The predicted octanol–water partition coefficient (Wildman–Crippen LogP) is 2.53. The lowest BCUT2D eigenvalue weighted by atomic mass is 10.1. The number of aromatic carboxylic acids is 1. The van der Waals surface area contributed by atoms with Crippen LogP contribution >= 0.6 is 0 Å². The number of anilines is 1. The summed E-state index contributed by atoms with van der Waals surface area (Å²) in [7, 11) is 0. The zero-order valence-electron chi connectivity index (χ0n) is 11.6. The molecule has 0 saturated carbocycles. The van der Waals surface area contributed by atoms with Gasteiger partial charge in [-0.3, -0.25) is 0 Å². The largest absolute Gasteiger partial charge is 0.478 e. The second-order valence-corrected chi connectivity index (χ2v) is 5.51. The first-order valence-electron chi connectivity index (χ1n) is 6.87. The van der Waals surface area contributed by atoms with Gasteiger partial charge in [0.25, 0.3) is 0 Å². The maximum Gasteiger partial charge on any atom is 0.335 e. The minimum atomic E-state index is -0.880.